The molecule has 2 heterocycles. The highest BCUT2D eigenvalue weighted by Gasteiger charge is 2.10. The summed E-state index contributed by atoms with van der Waals surface area (Å²) in [4.78, 5) is 0. The van der Waals surface area contributed by atoms with E-state index < -0.39 is 0 Å². The van der Waals surface area contributed by atoms with Crippen LogP contribution >= 0.6 is 23.2 Å². The minimum absolute atomic E-state index is 0.594. The third-order valence-electron chi connectivity index (χ3n) is 4.50. The molecule has 7 heteroatoms. The monoisotopic (exact) mass is 436 g/mol. The van der Waals surface area contributed by atoms with Gasteiger partial charge >= 0.3 is 0 Å². The maximum absolute atomic E-state index is 6.23. The lowest BCUT2D eigenvalue weighted by molar-refractivity contribution is 0.416. The smallest absolute Gasteiger partial charge is 0.128 e. The molecule has 0 amide bonds. The predicted molar refractivity (Wildman–Crippen MR) is 123 cm³/mol. The highest BCUT2D eigenvalue weighted by atomic mass is 35.5. The molecule has 0 saturated carbocycles. The first-order valence-corrected chi connectivity index (χ1v) is 9.93. The summed E-state index contributed by atoms with van der Waals surface area (Å²) in [5.74, 6) is 0.741. The molecule has 0 aliphatic rings. The molecule has 4 aromatic rings. The second-order valence-corrected chi connectivity index (χ2v) is 7.30. The average Bonchev–Trinajstić information content (AvgIpc) is 3.44. The van der Waals surface area contributed by atoms with Crippen molar-refractivity contribution in [3.63, 3.8) is 0 Å². The first kappa shape index (κ1) is 20.0. The van der Waals surface area contributed by atoms with Crippen LogP contribution in [0.4, 0.5) is 0 Å². The molecule has 30 heavy (non-hydrogen) atoms. The molecule has 0 aliphatic carbocycles. The van der Waals surface area contributed by atoms with Gasteiger partial charge in [-0.2, -0.15) is 10.2 Å². The highest BCUT2D eigenvalue weighted by Crippen LogP contribution is 2.31. The van der Waals surface area contributed by atoms with E-state index in [1.54, 1.807) is 25.4 Å². The van der Waals surface area contributed by atoms with Gasteiger partial charge in [0, 0.05) is 27.4 Å². The van der Waals surface area contributed by atoms with Crippen molar-refractivity contribution in [2.75, 3.05) is 7.11 Å². The third kappa shape index (κ3) is 4.48. The largest absolute Gasteiger partial charge is 0.496 e. The van der Waals surface area contributed by atoms with E-state index in [0.29, 0.717) is 10.0 Å². The van der Waals surface area contributed by atoms with Crippen LogP contribution in [0, 0.1) is 0 Å². The van der Waals surface area contributed by atoms with E-state index in [9.17, 15) is 0 Å². The van der Waals surface area contributed by atoms with Crippen molar-refractivity contribution in [3.05, 3.63) is 87.3 Å². The number of hydrogen-bond donors (Lipinski definition) is 2. The van der Waals surface area contributed by atoms with E-state index in [4.69, 9.17) is 27.9 Å². The average molecular weight is 437 g/mol. The Morgan fingerprint density at radius 3 is 2.40 bits per heavy atom. The van der Waals surface area contributed by atoms with Gasteiger partial charge in [-0.1, -0.05) is 41.4 Å². The quantitative estimate of drug-likeness (QED) is 0.364. The minimum atomic E-state index is 0.594. The third-order valence-corrected chi connectivity index (χ3v) is 5.16. The van der Waals surface area contributed by atoms with Gasteiger partial charge in [0.25, 0.3) is 0 Å². The van der Waals surface area contributed by atoms with Gasteiger partial charge < -0.3 is 4.74 Å². The summed E-state index contributed by atoms with van der Waals surface area (Å²) in [6.45, 7) is 0. The molecule has 2 aromatic carbocycles. The number of aromatic nitrogens is 4. The van der Waals surface area contributed by atoms with Gasteiger partial charge in [0.05, 0.1) is 24.2 Å². The topological polar surface area (TPSA) is 66.6 Å². The van der Waals surface area contributed by atoms with Gasteiger partial charge in [-0.25, -0.2) is 0 Å². The lowest BCUT2D eigenvalue weighted by Crippen LogP contribution is -1.89. The molecular formula is C23H18Cl2N4O. The Balaban J connectivity index is 1.62. The Morgan fingerprint density at radius 1 is 0.867 bits per heavy atom. The Hall–Kier alpha value is -3.28. The van der Waals surface area contributed by atoms with Crippen LogP contribution in [-0.2, 0) is 0 Å². The second-order valence-electron chi connectivity index (χ2n) is 6.48. The van der Waals surface area contributed by atoms with E-state index in [0.717, 1.165) is 39.5 Å². The van der Waals surface area contributed by atoms with Gasteiger partial charge in [-0.15, -0.1) is 0 Å². The Bertz CT molecular complexity index is 1190. The summed E-state index contributed by atoms with van der Waals surface area (Å²) >= 11 is 12.5. The normalized spacial score (nSPS) is 11.6. The summed E-state index contributed by atoms with van der Waals surface area (Å²) in [5.41, 5.74) is 5.19. The van der Waals surface area contributed by atoms with Crippen molar-refractivity contribution in [3.8, 4) is 17.0 Å². The maximum atomic E-state index is 6.23. The molecule has 0 radical (unpaired) electrons. The van der Waals surface area contributed by atoms with Crippen LogP contribution in [0.1, 0.15) is 22.5 Å². The molecule has 150 valence electrons. The number of nitrogens with one attached hydrogen (secondary N) is 2. The first-order valence-electron chi connectivity index (χ1n) is 9.17. The molecule has 2 aromatic heterocycles. The van der Waals surface area contributed by atoms with Crippen LogP contribution in [0.5, 0.6) is 5.75 Å². The molecule has 0 saturated heterocycles. The van der Waals surface area contributed by atoms with Gasteiger partial charge in [0.15, 0.2) is 0 Å². The molecule has 0 spiro atoms. The molecule has 4 rings (SSSR count). The van der Waals surface area contributed by atoms with Crippen LogP contribution in [0.3, 0.4) is 0 Å². The van der Waals surface area contributed by atoms with Gasteiger partial charge in [-0.05, 0) is 60.2 Å². The fourth-order valence-corrected chi connectivity index (χ4v) is 3.50. The fourth-order valence-electron chi connectivity index (χ4n) is 2.98. The van der Waals surface area contributed by atoms with Gasteiger partial charge in [0.2, 0.25) is 0 Å². The first-order chi connectivity index (χ1) is 14.6. The number of aromatic amines is 2. The Labute approximate surface area is 184 Å². The van der Waals surface area contributed by atoms with Crippen molar-refractivity contribution in [2.45, 2.75) is 0 Å². The Kier molecular flexibility index (Phi) is 6.02. The van der Waals surface area contributed by atoms with Crippen molar-refractivity contribution >= 4 is 47.5 Å². The van der Waals surface area contributed by atoms with Crippen molar-refractivity contribution in [1.82, 2.24) is 20.4 Å². The molecule has 0 atom stereocenters. The van der Waals surface area contributed by atoms with Crippen molar-refractivity contribution in [1.29, 1.82) is 0 Å². The summed E-state index contributed by atoms with van der Waals surface area (Å²) in [7, 11) is 1.64. The van der Waals surface area contributed by atoms with Crippen LogP contribution in [0.2, 0.25) is 10.0 Å². The predicted octanol–water partition coefficient (Wildman–Crippen LogP) is 6.46. The lowest BCUT2D eigenvalue weighted by atomic mass is 10.1. The molecule has 0 fully saturated rings. The summed E-state index contributed by atoms with van der Waals surface area (Å²) in [5, 5.41) is 15.5. The van der Waals surface area contributed by atoms with Crippen LogP contribution in [0.25, 0.3) is 35.6 Å². The minimum Gasteiger partial charge on any atom is -0.496 e. The molecular weight excluding hydrogens is 419 g/mol. The van der Waals surface area contributed by atoms with Crippen LogP contribution in [0.15, 0.2) is 54.7 Å². The molecule has 0 unspecified atom stereocenters. The number of nitrogens with zero attached hydrogens (tertiary/aromatic N) is 2. The molecule has 0 aliphatic heterocycles. The number of benzene rings is 2. The van der Waals surface area contributed by atoms with E-state index in [2.05, 4.69) is 20.4 Å². The molecule has 2 N–H and O–H groups in total. The zero-order chi connectivity index (χ0) is 20.9. The van der Waals surface area contributed by atoms with Gasteiger partial charge in [0.1, 0.15) is 5.75 Å². The van der Waals surface area contributed by atoms with E-state index in [1.807, 2.05) is 60.7 Å². The maximum Gasteiger partial charge on any atom is 0.128 e. The zero-order valence-electron chi connectivity index (χ0n) is 16.1. The van der Waals surface area contributed by atoms with Crippen LogP contribution in [-0.4, -0.2) is 27.5 Å². The van der Waals surface area contributed by atoms with Crippen molar-refractivity contribution in [2.24, 2.45) is 0 Å². The molecule has 0 bridgehead atoms. The number of hydrogen-bond acceptors (Lipinski definition) is 3. The van der Waals surface area contributed by atoms with E-state index >= 15 is 0 Å². The molecule has 5 nitrogen and oxygen atoms in total. The number of rotatable bonds is 6. The fraction of sp³-hybridized carbons (Fsp3) is 0.0435. The van der Waals surface area contributed by atoms with E-state index in [1.165, 1.54) is 0 Å². The zero-order valence-corrected chi connectivity index (χ0v) is 17.6. The SMILES string of the molecule is COc1ccc(/C=C/c2ccn[nH]2)cc1-c1cc(/C=C/c2c(Cl)cccc2Cl)[nH]n1. The number of H-pyrrole nitrogens is 2. The summed E-state index contributed by atoms with van der Waals surface area (Å²) < 4.78 is 5.53. The standard InChI is InChI=1S/C23H18Cl2N4O/c1-30-23-10-6-15(5-7-16-11-12-26-27-16)13-19(23)22-14-17(28-29-22)8-9-18-20(24)3-2-4-21(18)25/h2-14H,1H3,(H,26,27)(H,28,29)/b7-5+,9-8+. The number of halogens is 2. The summed E-state index contributed by atoms with van der Waals surface area (Å²) in [6, 6.07) is 15.2. The van der Waals surface area contributed by atoms with Crippen molar-refractivity contribution < 1.29 is 4.74 Å². The Morgan fingerprint density at radius 2 is 1.67 bits per heavy atom. The summed E-state index contributed by atoms with van der Waals surface area (Å²) in [6.07, 6.45) is 9.43. The lowest BCUT2D eigenvalue weighted by Gasteiger charge is -2.07. The van der Waals surface area contributed by atoms with Gasteiger partial charge in [-0.3, -0.25) is 10.2 Å². The second kappa shape index (κ2) is 9.03. The van der Waals surface area contributed by atoms with Crippen LogP contribution < -0.4 is 4.74 Å². The number of methoxy groups -OCH3 is 1. The highest BCUT2D eigenvalue weighted by molar-refractivity contribution is 6.37. The van der Waals surface area contributed by atoms with E-state index in [-0.39, 0.29) is 0 Å². The number of ether oxygens (including phenoxy) is 1.